The van der Waals surface area contributed by atoms with E-state index in [0.717, 1.165) is 49.2 Å². The van der Waals surface area contributed by atoms with Gasteiger partial charge in [0.25, 0.3) is 5.91 Å². The molecule has 1 aliphatic rings. The zero-order valence-corrected chi connectivity index (χ0v) is 21.3. The standard InChI is InChI=1S/C22H33N5O2S.HI/c1-2-23-22(25-12-8-11-24-21(28)20-10-7-16-30-20)26-17-18(19-9-6-15-29-19)27-13-4-3-5-14-27;/h6-7,9-10,15-16,18H,2-5,8,11-14,17H2,1H3,(H,24,28)(H2,23,25,26);1H. The molecule has 1 amide bonds. The van der Waals surface area contributed by atoms with Crippen molar-refractivity contribution in [2.75, 3.05) is 39.3 Å². The second-order valence-electron chi connectivity index (χ2n) is 7.36. The Kier molecular flexibility index (Phi) is 12.0. The third kappa shape index (κ3) is 8.46. The molecule has 1 atom stereocenters. The van der Waals surface area contributed by atoms with Crippen LogP contribution in [-0.4, -0.2) is 56.0 Å². The molecule has 31 heavy (non-hydrogen) atoms. The molecule has 1 fully saturated rings. The average Bonchev–Trinajstić information content (AvgIpc) is 3.49. The number of halogens is 1. The van der Waals surface area contributed by atoms with Crippen LogP contribution in [0.5, 0.6) is 0 Å². The Labute approximate surface area is 206 Å². The number of hydrogen-bond acceptors (Lipinski definition) is 5. The minimum Gasteiger partial charge on any atom is -0.468 e. The lowest BCUT2D eigenvalue weighted by atomic mass is 10.1. The van der Waals surface area contributed by atoms with E-state index in [1.807, 2.05) is 29.6 Å². The van der Waals surface area contributed by atoms with Crippen LogP contribution in [0.15, 0.2) is 45.3 Å². The maximum absolute atomic E-state index is 12.0. The SMILES string of the molecule is CCNC(=NCC(c1ccco1)N1CCCCC1)NCCCNC(=O)c1cccs1.I. The van der Waals surface area contributed by atoms with Crippen LogP contribution in [0.2, 0.25) is 0 Å². The van der Waals surface area contributed by atoms with Crippen molar-refractivity contribution in [2.24, 2.45) is 4.99 Å². The zero-order chi connectivity index (χ0) is 21.0. The Morgan fingerprint density at radius 2 is 1.97 bits per heavy atom. The molecular weight excluding hydrogens is 525 g/mol. The number of nitrogens with one attached hydrogen (secondary N) is 3. The van der Waals surface area contributed by atoms with Gasteiger partial charge in [-0.25, -0.2) is 0 Å². The number of rotatable bonds is 10. The Bertz CT molecular complexity index is 761. The molecule has 0 bridgehead atoms. The van der Waals surface area contributed by atoms with Crippen LogP contribution in [-0.2, 0) is 0 Å². The lowest BCUT2D eigenvalue weighted by Crippen LogP contribution is -2.40. The smallest absolute Gasteiger partial charge is 0.261 e. The van der Waals surface area contributed by atoms with Crippen molar-refractivity contribution in [1.82, 2.24) is 20.9 Å². The summed E-state index contributed by atoms with van der Waals surface area (Å²) < 4.78 is 5.72. The highest BCUT2D eigenvalue weighted by Crippen LogP contribution is 2.25. The van der Waals surface area contributed by atoms with Gasteiger partial charge in [0, 0.05) is 19.6 Å². The number of thiophene rings is 1. The summed E-state index contributed by atoms with van der Waals surface area (Å²) in [4.78, 5) is 20.0. The number of piperidine rings is 1. The molecule has 2 aromatic heterocycles. The van der Waals surface area contributed by atoms with E-state index in [1.165, 1.54) is 30.6 Å². The van der Waals surface area contributed by atoms with Crippen LogP contribution in [0, 0.1) is 0 Å². The molecule has 172 valence electrons. The summed E-state index contributed by atoms with van der Waals surface area (Å²) in [7, 11) is 0. The number of carbonyl (C=O) groups is 1. The molecule has 0 saturated carbocycles. The van der Waals surface area contributed by atoms with Crippen LogP contribution >= 0.6 is 35.3 Å². The summed E-state index contributed by atoms with van der Waals surface area (Å²) in [6.45, 7) is 7.07. The predicted molar refractivity (Wildman–Crippen MR) is 138 cm³/mol. The van der Waals surface area contributed by atoms with Crippen LogP contribution < -0.4 is 16.0 Å². The normalized spacial score (nSPS) is 15.7. The second kappa shape index (κ2) is 14.5. The van der Waals surface area contributed by atoms with E-state index in [-0.39, 0.29) is 35.9 Å². The van der Waals surface area contributed by atoms with Gasteiger partial charge in [-0.3, -0.25) is 14.7 Å². The third-order valence-corrected chi connectivity index (χ3v) is 6.01. The number of carbonyl (C=O) groups excluding carboxylic acids is 1. The van der Waals surface area contributed by atoms with Crippen molar-refractivity contribution >= 4 is 47.2 Å². The summed E-state index contributed by atoms with van der Waals surface area (Å²) >= 11 is 1.46. The average molecular weight is 560 g/mol. The summed E-state index contributed by atoms with van der Waals surface area (Å²) in [6, 6.07) is 7.89. The quantitative estimate of drug-likeness (QED) is 0.178. The summed E-state index contributed by atoms with van der Waals surface area (Å²) in [5, 5.41) is 11.6. The zero-order valence-electron chi connectivity index (χ0n) is 18.1. The number of nitrogens with zero attached hydrogens (tertiary/aromatic N) is 2. The van der Waals surface area contributed by atoms with Crippen molar-refractivity contribution in [1.29, 1.82) is 0 Å². The molecule has 7 nitrogen and oxygen atoms in total. The van der Waals surface area contributed by atoms with Gasteiger partial charge in [-0.1, -0.05) is 12.5 Å². The number of amides is 1. The third-order valence-electron chi connectivity index (χ3n) is 5.15. The van der Waals surface area contributed by atoms with E-state index in [9.17, 15) is 4.79 Å². The molecule has 3 N–H and O–H groups in total. The van der Waals surface area contributed by atoms with Crippen molar-refractivity contribution < 1.29 is 9.21 Å². The predicted octanol–water partition coefficient (Wildman–Crippen LogP) is 3.86. The van der Waals surface area contributed by atoms with E-state index in [4.69, 9.17) is 9.41 Å². The fraction of sp³-hybridized carbons (Fsp3) is 0.545. The van der Waals surface area contributed by atoms with Crippen molar-refractivity contribution in [3.8, 4) is 0 Å². The molecule has 0 aliphatic carbocycles. The molecule has 3 heterocycles. The number of aliphatic imine (C=N–C) groups is 1. The van der Waals surface area contributed by atoms with E-state index < -0.39 is 0 Å². The van der Waals surface area contributed by atoms with Crippen molar-refractivity contribution in [3.63, 3.8) is 0 Å². The maximum atomic E-state index is 12.0. The van der Waals surface area contributed by atoms with E-state index in [2.05, 4.69) is 27.8 Å². The van der Waals surface area contributed by atoms with Gasteiger partial charge >= 0.3 is 0 Å². The van der Waals surface area contributed by atoms with Gasteiger partial charge in [-0.05, 0) is 62.9 Å². The van der Waals surface area contributed by atoms with E-state index in [1.54, 1.807) is 6.26 Å². The summed E-state index contributed by atoms with van der Waals surface area (Å²) in [6.07, 6.45) is 6.34. The first-order chi connectivity index (χ1) is 14.8. The number of guanidine groups is 1. The minimum absolute atomic E-state index is 0. The molecule has 1 aliphatic heterocycles. The highest BCUT2D eigenvalue weighted by molar-refractivity contribution is 14.0. The summed E-state index contributed by atoms with van der Waals surface area (Å²) in [5.41, 5.74) is 0. The first-order valence-electron chi connectivity index (χ1n) is 10.9. The maximum Gasteiger partial charge on any atom is 0.261 e. The lowest BCUT2D eigenvalue weighted by molar-refractivity contribution is 0.0957. The molecule has 2 aromatic rings. The fourth-order valence-corrected chi connectivity index (χ4v) is 4.25. The molecular formula is C22H34IN5O2S. The first-order valence-corrected chi connectivity index (χ1v) is 11.8. The van der Waals surface area contributed by atoms with Crippen LogP contribution in [0.4, 0.5) is 0 Å². The highest BCUT2D eigenvalue weighted by Gasteiger charge is 2.24. The van der Waals surface area contributed by atoms with Crippen molar-refractivity contribution in [3.05, 3.63) is 46.5 Å². The molecule has 1 unspecified atom stereocenters. The fourth-order valence-electron chi connectivity index (χ4n) is 3.61. The number of likely N-dealkylation sites (tertiary alicyclic amines) is 1. The van der Waals surface area contributed by atoms with E-state index in [0.29, 0.717) is 13.1 Å². The van der Waals surface area contributed by atoms with Crippen LogP contribution in [0.25, 0.3) is 0 Å². The van der Waals surface area contributed by atoms with Crippen LogP contribution in [0.3, 0.4) is 0 Å². The van der Waals surface area contributed by atoms with Gasteiger partial charge in [0.15, 0.2) is 5.96 Å². The monoisotopic (exact) mass is 559 g/mol. The topological polar surface area (TPSA) is 81.9 Å². The van der Waals surface area contributed by atoms with Gasteiger partial charge in [0.05, 0.1) is 23.7 Å². The lowest BCUT2D eigenvalue weighted by Gasteiger charge is -2.32. The molecule has 9 heteroatoms. The van der Waals surface area contributed by atoms with E-state index >= 15 is 0 Å². The highest BCUT2D eigenvalue weighted by atomic mass is 127. The van der Waals surface area contributed by atoms with Gasteiger partial charge in [-0.15, -0.1) is 35.3 Å². The molecule has 0 aromatic carbocycles. The Hall–Kier alpha value is -1.59. The molecule has 1 saturated heterocycles. The Morgan fingerprint density at radius 1 is 1.16 bits per heavy atom. The molecule has 3 rings (SSSR count). The second-order valence-corrected chi connectivity index (χ2v) is 8.31. The van der Waals surface area contributed by atoms with Crippen molar-refractivity contribution in [2.45, 2.75) is 38.6 Å². The number of hydrogen-bond donors (Lipinski definition) is 3. The Morgan fingerprint density at radius 3 is 2.65 bits per heavy atom. The largest absolute Gasteiger partial charge is 0.468 e. The Balaban J connectivity index is 0.00000341. The van der Waals surface area contributed by atoms with Crippen LogP contribution in [0.1, 0.15) is 54.1 Å². The summed E-state index contributed by atoms with van der Waals surface area (Å²) in [5.74, 6) is 1.77. The van der Waals surface area contributed by atoms with Gasteiger partial charge in [0.2, 0.25) is 0 Å². The molecule has 0 radical (unpaired) electrons. The minimum atomic E-state index is -0.00612. The number of furan rings is 1. The van der Waals surface area contributed by atoms with Gasteiger partial charge in [0.1, 0.15) is 5.76 Å². The first kappa shape index (κ1) is 25.7. The van der Waals surface area contributed by atoms with Gasteiger partial charge in [-0.2, -0.15) is 0 Å². The molecule has 0 spiro atoms. The van der Waals surface area contributed by atoms with Gasteiger partial charge < -0.3 is 20.4 Å².